The fourth-order valence-corrected chi connectivity index (χ4v) is 3.52. The smallest absolute Gasteiger partial charge is 0.417 e. The Hall–Kier alpha value is -3.30. The average Bonchev–Trinajstić information content (AvgIpc) is 2.77. The molecule has 0 bridgehead atoms. The van der Waals surface area contributed by atoms with Crippen molar-refractivity contribution < 1.29 is 40.9 Å². The van der Waals surface area contributed by atoms with E-state index in [4.69, 9.17) is 20.3 Å². The van der Waals surface area contributed by atoms with Crippen molar-refractivity contribution in [2.24, 2.45) is 5.92 Å². The molecule has 0 N–H and O–H groups in total. The molecule has 4 amide bonds. The molecule has 0 aliphatic carbocycles. The fraction of sp³-hybridized carbons (Fsp3) is 0.615. The highest BCUT2D eigenvalue weighted by Crippen LogP contribution is 2.32. The van der Waals surface area contributed by atoms with Crippen molar-refractivity contribution in [3.8, 4) is 11.5 Å². The van der Waals surface area contributed by atoms with Gasteiger partial charge in [-0.3, -0.25) is 9.59 Å². The Bertz CT molecular complexity index is 1100. The summed E-state index contributed by atoms with van der Waals surface area (Å²) in [5.74, 6) is -2.43. The van der Waals surface area contributed by atoms with Crippen molar-refractivity contribution in [3.05, 3.63) is 23.8 Å². The Morgan fingerprint density at radius 1 is 0.917 bits per heavy atom. The third-order valence-electron chi connectivity index (χ3n) is 4.94. The quantitative estimate of drug-likeness (QED) is 0.582. The lowest BCUT2D eigenvalue weighted by Gasteiger charge is -2.44. The molecule has 3 atom stereocenters. The van der Waals surface area contributed by atoms with Gasteiger partial charge in [0.2, 0.25) is 0 Å². The Morgan fingerprint density at radius 2 is 1.42 bits per heavy atom. The van der Waals surface area contributed by atoms with Crippen LogP contribution in [0.15, 0.2) is 18.2 Å². The van der Waals surface area contributed by atoms with Crippen LogP contribution in [0.25, 0.3) is 0 Å². The summed E-state index contributed by atoms with van der Waals surface area (Å²) >= 11 is 0. The van der Waals surface area contributed by atoms with Gasteiger partial charge < -0.3 is 18.9 Å². The topological polar surface area (TPSA) is 112 Å². The van der Waals surface area contributed by atoms with Crippen LogP contribution >= 0.6 is 0 Å². The minimum Gasteiger partial charge on any atom is -0.493 e. The molecule has 0 aromatic heterocycles. The van der Waals surface area contributed by atoms with Gasteiger partial charge in [-0.15, -0.1) is 0 Å². The van der Waals surface area contributed by atoms with Crippen molar-refractivity contribution >= 4 is 24.0 Å². The molecule has 0 saturated carbocycles. The first-order valence-electron chi connectivity index (χ1n) is 12.7. The summed E-state index contributed by atoms with van der Waals surface area (Å²) in [6, 6.07) is -0.159. The van der Waals surface area contributed by atoms with Crippen LogP contribution in [0.2, 0.25) is 0 Å². The molecule has 1 saturated heterocycles. The molecule has 1 aliphatic rings. The first-order valence-corrected chi connectivity index (χ1v) is 11.6. The zero-order valence-electron chi connectivity index (χ0n) is 24.6. The number of carbonyl (C=O) groups excluding carboxylic acids is 4. The Morgan fingerprint density at radius 3 is 1.86 bits per heavy atom. The number of methoxy groups -OCH3 is 2. The minimum absolute atomic E-state index is 0.0551. The number of amides is 4. The van der Waals surface area contributed by atoms with Crippen molar-refractivity contribution in [1.29, 1.82) is 0 Å². The second-order valence-corrected chi connectivity index (χ2v) is 10.6. The first-order chi connectivity index (χ1) is 17.3. The third-order valence-corrected chi connectivity index (χ3v) is 4.94. The van der Waals surface area contributed by atoms with E-state index in [0.717, 1.165) is 0 Å². The van der Waals surface area contributed by atoms with Crippen LogP contribution in [0, 0.1) is 5.92 Å². The molecule has 10 heteroatoms. The van der Waals surface area contributed by atoms with E-state index in [-0.39, 0.29) is 11.3 Å². The van der Waals surface area contributed by atoms with E-state index in [1.807, 2.05) is 0 Å². The highest BCUT2D eigenvalue weighted by atomic mass is 16.6. The summed E-state index contributed by atoms with van der Waals surface area (Å²) in [5, 5.41) is 0. The monoisotopic (exact) mass is 508 g/mol. The number of hydrogen-bond donors (Lipinski definition) is 0. The zero-order valence-corrected chi connectivity index (χ0v) is 22.6. The van der Waals surface area contributed by atoms with E-state index in [9.17, 15) is 20.5 Å². The number of ether oxygens (including phenoxy) is 4. The van der Waals surface area contributed by atoms with Crippen LogP contribution in [0.4, 0.5) is 9.59 Å². The molecule has 1 fully saturated rings. The van der Waals surface area contributed by atoms with Crippen LogP contribution in [-0.2, 0) is 25.5 Å². The predicted octanol–water partition coefficient (Wildman–Crippen LogP) is 4.18. The van der Waals surface area contributed by atoms with Gasteiger partial charge in [0, 0.05) is 7.77 Å². The van der Waals surface area contributed by atoms with Gasteiger partial charge >= 0.3 is 12.2 Å². The Kier molecular flexibility index (Phi) is 7.70. The first kappa shape index (κ1) is 25.8. The lowest BCUT2D eigenvalue weighted by atomic mass is 9.93. The zero-order chi connectivity index (χ0) is 29.4. The molecular weight excluding hydrogens is 468 g/mol. The van der Waals surface area contributed by atoms with Gasteiger partial charge in [-0.05, 0) is 65.2 Å². The van der Waals surface area contributed by atoms with Gasteiger partial charge in [0.25, 0.3) is 11.8 Å². The second kappa shape index (κ2) is 10.8. The van der Waals surface area contributed by atoms with E-state index in [0.29, 0.717) is 15.5 Å². The molecule has 36 heavy (non-hydrogen) atoms. The molecule has 1 aliphatic heterocycles. The summed E-state index contributed by atoms with van der Waals surface area (Å²) in [5.41, 5.74) is -2.06. The third kappa shape index (κ3) is 6.67. The number of imide groups is 2. The number of nitrogens with zero attached hydrogens (tertiary/aromatic N) is 2. The SMILES string of the molecule is [2H]C(c1ccc(OC)c(OC)c1)[C@@]1([2H])C(=O)N(C(=O)OC(C)(C)C)[C@@H](C(C)C)C(=O)N1C(=O)OC(C)(C)C. The standard InChI is InChI=1S/C26H38N2O8/c1-15(2)20-22(30)27(23(31)35-25(3,4)5)17(21(29)28(20)24(32)36-26(6,7)8)13-16-11-12-18(33-9)19(14-16)34-10/h11-12,14-15,17,20H,13H2,1-10H3/t17-,20-/m0/s1/i13D,17D/t13?,17-,20-. The Balaban J connectivity index is 2.80. The lowest BCUT2D eigenvalue weighted by Crippen LogP contribution is -2.69. The van der Waals surface area contributed by atoms with Gasteiger partial charge in [0.1, 0.15) is 23.3 Å². The molecule has 1 aromatic rings. The molecule has 10 nitrogen and oxygen atoms in total. The molecular formula is C26H38N2O8. The van der Waals surface area contributed by atoms with Crippen molar-refractivity contribution in [3.63, 3.8) is 0 Å². The number of carbonyl (C=O) groups is 4. The number of hydrogen-bond acceptors (Lipinski definition) is 8. The van der Waals surface area contributed by atoms with Crippen LogP contribution in [-0.4, -0.2) is 71.3 Å². The number of rotatable bonds is 5. The molecule has 1 heterocycles. The molecule has 0 spiro atoms. The summed E-state index contributed by atoms with van der Waals surface area (Å²) < 4.78 is 39.5. The Labute approximate surface area is 215 Å². The van der Waals surface area contributed by atoms with Crippen LogP contribution in [0.3, 0.4) is 0 Å². The number of benzene rings is 1. The summed E-state index contributed by atoms with van der Waals surface area (Å²) in [6.45, 7) is 12.6. The fourth-order valence-electron chi connectivity index (χ4n) is 3.52. The average molecular weight is 509 g/mol. The van der Waals surface area contributed by atoms with Crippen molar-refractivity contribution in [2.45, 2.75) is 85.0 Å². The minimum atomic E-state index is -2.93. The van der Waals surface area contributed by atoms with E-state index in [2.05, 4.69) is 0 Å². The molecule has 1 unspecified atom stereocenters. The van der Waals surface area contributed by atoms with Crippen molar-refractivity contribution in [1.82, 2.24) is 9.80 Å². The number of piperazine rings is 1. The second-order valence-electron chi connectivity index (χ2n) is 10.6. The normalized spacial score (nSPS) is 22.6. The highest BCUT2D eigenvalue weighted by molar-refractivity contribution is 6.10. The molecule has 200 valence electrons. The van der Waals surface area contributed by atoms with Crippen LogP contribution in [0.1, 0.15) is 63.7 Å². The summed E-state index contributed by atoms with van der Waals surface area (Å²) in [4.78, 5) is 55.4. The molecule has 2 rings (SSSR count). The van der Waals surface area contributed by atoms with Gasteiger partial charge in [-0.2, -0.15) is 0 Å². The van der Waals surface area contributed by atoms with E-state index >= 15 is 0 Å². The van der Waals surface area contributed by atoms with Gasteiger partial charge in [0.05, 0.1) is 15.6 Å². The van der Waals surface area contributed by atoms with E-state index in [1.54, 1.807) is 55.4 Å². The largest absolute Gasteiger partial charge is 0.493 e. The maximum absolute atomic E-state index is 14.1. The molecule has 1 aromatic carbocycles. The van der Waals surface area contributed by atoms with Gasteiger partial charge in [-0.1, -0.05) is 19.9 Å². The maximum Gasteiger partial charge on any atom is 0.417 e. The summed E-state index contributed by atoms with van der Waals surface area (Å²) in [7, 11) is 2.79. The highest BCUT2D eigenvalue weighted by Gasteiger charge is 2.53. The van der Waals surface area contributed by atoms with Crippen molar-refractivity contribution in [2.75, 3.05) is 14.2 Å². The van der Waals surface area contributed by atoms with Gasteiger partial charge in [0.15, 0.2) is 11.5 Å². The summed E-state index contributed by atoms with van der Waals surface area (Å²) in [6.07, 6.45) is -4.31. The van der Waals surface area contributed by atoms with Crippen LogP contribution in [0.5, 0.6) is 11.5 Å². The van der Waals surface area contributed by atoms with Gasteiger partial charge in [-0.25, -0.2) is 19.4 Å². The lowest BCUT2D eigenvalue weighted by molar-refractivity contribution is -0.161. The van der Waals surface area contributed by atoms with Crippen LogP contribution < -0.4 is 9.47 Å². The van der Waals surface area contributed by atoms with E-state index in [1.165, 1.54) is 32.4 Å². The maximum atomic E-state index is 14.1. The van der Waals surface area contributed by atoms with E-state index < -0.39 is 59.6 Å². The molecule has 0 radical (unpaired) electrons. The predicted molar refractivity (Wildman–Crippen MR) is 132 cm³/mol.